The van der Waals surface area contributed by atoms with Gasteiger partial charge < -0.3 is 18.6 Å². The van der Waals surface area contributed by atoms with E-state index >= 15 is 0 Å². The second-order valence-corrected chi connectivity index (χ2v) is 8.23. The Morgan fingerprint density at radius 3 is 2.42 bits per heavy atom. The number of ether oxygens (including phenoxy) is 3. The Bertz CT molecular complexity index is 1150. The Balaban J connectivity index is 2.10. The molecule has 2 atom stereocenters. The largest absolute Gasteiger partial charge is 0.481 e. The highest BCUT2D eigenvalue weighted by molar-refractivity contribution is 5.89. The molecule has 7 heteroatoms. The number of benzene rings is 1. The minimum Gasteiger partial charge on any atom is -0.481 e. The fourth-order valence-corrected chi connectivity index (χ4v) is 3.39. The first-order chi connectivity index (χ1) is 14.5. The molecule has 1 aromatic carbocycles. The maximum Gasteiger partial charge on any atom is 0.336 e. The highest BCUT2D eigenvalue weighted by Crippen LogP contribution is 2.47. The van der Waals surface area contributed by atoms with E-state index in [0.717, 1.165) is 5.57 Å². The van der Waals surface area contributed by atoms with Crippen molar-refractivity contribution in [2.45, 2.75) is 59.4 Å². The predicted molar refractivity (Wildman–Crippen MR) is 115 cm³/mol. The molecular formula is C24H26O7. The molecule has 0 radical (unpaired) electrons. The summed E-state index contributed by atoms with van der Waals surface area (Å²) >= 11 is 0. The zero-order valence-corrected chi connectivity index (χ0v) is 18.5. The molecule has 0 N–H and O–H groups in total. The molecule has 31 heavy (non-hydrogen) atoms. The zero-order chi connectivity index (χ0) is 22.9. The van der Waals surface area contributed by atoms with Crippen molar-refractivity contribution in [3.8, 4) is 5.75 Å². The summed E-state index contributed by atoms with van der Waals surface area (Å²) in [5, 5.41) is 0.658. The van der Waals surface area contributed by atoms with Crippen LogP contribution in [-0.4, -0.2) is 23.6 Å². The molecule has 164 valence electrons. The van der Waals surface area contributed by atoms with Gasteiger partial charge in [0.25, 0.3) is 0 Å². The lowest BCUT2D eigenvalue weighted by Gasteiger charge is -2.33. The monoisotopic (exact) mass is 426 g/mol. The average molecular weight is 426 g/mol. The lowest BCUT2D eigenvalue weighted by Crippen LogP contribution is -2.46. The minimum absolute atomic E-state index is 0.273. The van der Waals surface area contributed by atoms with Crippen LogP contribution < -0.4 is 10.4 Å². The molecule has 0 bridgehead atoms. The summed E-state index contributed by atoms with van der Waals surface area (Å²) in [5.74, 6) is -0.680. The third-order valence-electron chi connectivity index (χ3n) is 5.05. The Kier molecular flexibility index (Phi) is 6.06. The van der Waals surface area contributed by atoms with Gasteiger partial charge in [-0.3, -0.25) is 0 Å². The second kappa shape index (κ2) is 8.41. The average Bonchev–Trinajstić information content (AvgIpc) is 3.05. The van der Waals surface area contributed by atoms with Crippen molar-refractivity contribution >= 4 is 22.9 Å². The van der Waals surface area contributed by atoms with Gasteiger partial charge >= 0.3 is 17.6 Å². The fraction of sp³-hybridized carbons (Fsp3) is 0.375. The normalized spacial score (nSPS) is 18.2. The summed E-state index contributed by atoms with van der Waals surface area (Å²) in [6.07, 6.45) is 1.20. The molecular weight excluding hydrogens is 400 g/mol. The van der Waals surface area contributed by atoms with Gasteiger partial charge in [0.15, 0.2) is 12.2 Å². The lowest BCUT2D eigenvalue weighted by molar-refractivity contribution is -0.171. The summed E-state index contributed by atoms with van der Waals surface area (Å²) in [7, 11) is 0. The first kappa shape index (κ1) is 22.3. The third-order valence-corrected chi connectivity index (χ3v) is 5.05. The lowest BCUT2D eigenvalue weighted by atomic mass is 9.93. The molecule has 0 amide bonds. The van der Waals surface area contributed by atoms with Crippen LogP contribution in [-0.2, 0) is 19.1 Å². The van der Waals surface area contributed by atoms with E-state index in [1.54, 1.807) is 65.8 Å². The van der Waals surface area contributed by atoms with Gasteiger partial charge in [0.05, 0.1) is 5.56 Å². The molecule has 0 saturated carbocycles. The number of carbonyl (C=O) groups excluding carboxylic acids is 2. The molecule has 0 spiro atoms. The van der Waals surface area contributed by atoms with E-state index in [-0.39, 0.29) is 5.58 Å². The van der Waals surface area contributed by atoms with Crippen LogP contribution in [0.15, 0.2) is 56.8 Å². The molecule has 1 aliphatic rings. The van der Waals surface area contributed by atoms with Gasteiger partial charge in [0.1, 0.15) is 16.9 Å². The quantitative estimate of drug-likeness (QED) is 0.398. The van der Waals surface area contributed by atoms with Gasteiger partial charge in [-0.05, 0) is 59.7 Å². The number of fused-ring (bicyclic) bond motifs is 3. The number of rotatable bonds is 5. The summed E-state index contributed by atoms with van der Waals surface area (Å²) < 4.78 is 23.0. The van der Waals surface area contributed by atoms with E-state index < -0.39 is 35.4 Å². The number of allylic oxidation sites excluding steroid dienone is 2. The van der Waals surface area contributed by atoms with Gasteiger partial charge in [0.2, 0.25) is 0 Å². The number of esters is 2. The molecule has 2 heterocycles. The molecule has 1 aromatic heterocycles. The van der Waals surface area contributed by atoms with Crippen molar-refractivity contribution in [2.24, 2.45) is 0 Å². The smallest absolute Gasteiger partial charge is 0.336 e. The Morgan fingerprint density at radius 2 is 1.77 bits per heavy atom. The topological polar surface area (TPSA) is 92.0 Å². The van der Waals surface area contributed by atoms with Crippen LogP contribution in [0, 0.1) is 0 Å². The SMILES string of the molecule is CC=C(C)C(=O)O[C@H]1c2c(ccc3ccc(=O)oc23)O[C@@H]1C(C)(C)OC(=O)C=C(C)C. The van der Waals surface area contributed by atoms with Crippen LogP contribution in [0.25, 0.3) is 11.0 Å². The van der Waals surface area contributed by atoms with Gasteiger partial charge in [-0.25, -0.2) is 14.4 Å². The van der Waals surface area contributed by atoms with Gasteiger partial charge in [0, 0.05) is 23.1 Å². The van der Waals surface area contributed by atoms with Crippen molar-refractivity contribution in [1.29, 1.82) is 0 Å². The van der Waals surface area contributed by atoms with Crippen molar-refractivity contribution in [3.63, 3.8) is 0 Å². The van der Waals surface area contributed by atoms with Crippen molar-refractivity contribution < 1.29 is 28.2 Å². The van der Waals surface area contributed by atoms with Crippen molar-refractivity contribution in [3.05, 3.63) is 63.5 Å². The predicted octanol–water partition coefficient (Wildman–Crippen LogP) is 4.39. The van der Waals surface area contributed by atoms with E-state index in [0.29, 0.717) is 22.3 Å². The molecule has 0 fully saturated rings. The van der Waals surface area contributed by atoms with Crippen LogP contribution in [0.2, 0.25) is 0 Å². The number of hydrogen-bond donors (Lipinski definition) is 0. The molecule has 0 saturated heterocycles. The number of carbonyl (C=O) groups is 2. The van der Waals surface area contributed by atoms with Gasteiger partial charge in [-0.1, -0.05) is 11.6 Å². The third kappa shape index (κ3) is 4.55. The Morgan fingerprint density at radius 1 is 1.10 bits per heavy atom. The van der Waals surface area contributed by atoms with Crippen LogP contribution in [0.5, 0.6) is 5.75 Å². The summed E-state index contributed by atoms with van der Waals surface area (Å²) in [5.41, 5.74) is 0.203. The minimum atomic E-state index is -1.17. The maximum atomic E-state index is 12.6. The highest BCUT2D eigenvalue weighted by atomic mass is 16.6. The highest BCUT2D eigenvalue weighted by Gasteiger charge is 2.50. The van der Waals surface area contributed by atoms with Crippen molar-refractivity contribution in [2.75, 3.05) is 0 Å². The zero-order valence-electron chi connectivity index (χ0n) is 18.5. The van der Waals surface area contributed by atoms with E-state index in [1.165, 1.54) is 12.1 Å². The Labute approximate surface area is 180 Å². The molecule has 3 rings (SSSR count). The molecule has 0 unspecified atom stereocenters. The summed E-state index contributed by atoms with van der Waals surface area (Å²) in [6, 6.07) is 6.41. The number of hydrogen-bond acceptors (Lipinski definition) is 7. The van der Waals surface area contributed by atoms with Crippen LogP contribution in [0.3, 0.4) is 0 Å². The fourth-order valence-electron chi connectivity index (χ4n) is 3.39. The van der Waals surface area contributed by atoms with Crippen LogP contribution >= 0.6 is 0 Å². The van der Waals surface area contributed by atoms with E-state index in [2.05, 4.69) is 0 Å². The van der Waals surface area contributed by atoms with Crippen LogP contribution in [0.4, 0.5) is 0 Å². The molecule has 0 aliphatic carbocycles. The molecule has 7 nitrogen and oxygen atoms in total. The van der Waals surface area contributed by atoms with E-state index in [9.17, 15) is 14.4 Å². The van der Waals surface area contributed by atoms with E-state index in [4.69, 9.17) is 18.6 Å². The molecule has 2 aromatic rings. The molecule has 1 aliphatic heterocycles. The van der Waals surface area contributed by atoms with E-state index in [1.807, 2.05) is 0 Å². The second-order valence-electron chi connectivity index (χ2n) is 8.23. The summed E-state index contributed by atoms with van der Waals surface area (Å²) in [6.45, 7) is 10.3. The first-order valence-corrected chi connectivity index (χ1v) is 9.98. The standard InChI is InChI=1S/C24H26O7/c1-7-14(4)23(27)30-21-19-16(10-8-15-9-11-17(25)29-20(15)19)28-22(21)24(5,6)31-18(26)12-13(2)3/h7-12,21-22H,1-6H3/t21-,22-/m0/s1. The summed E-state index contributed by atoms with van der Waals surface area (Å²) in [4.78, 5) is 36.8. The van der Waals surface area contributed by atoms with Crippen molar-refractivity contribution in [1.82, 2.24) is 0 Å². The van der Waals surface area contributed by atoms with Crippen LogP contribution in [0.1, 0.15) is 53.2 Å². The Hall–Kier alpha value is -3.35. The maximum absolute atomic E-state index is 12.6. The van der Waals surface area contributed by atoms with Gasteiger partial charge in [-0.2, -0.15) is 0 Å². The van der Waals surface area contributed by atoms with Gasteiger partial charge in [-0.15, -0.1) is 0 Å². The first-order valence-electron chi connectivity index (χ1n) is 9.98.